The molecule has 1 fully saturated rings. The first-order valence-corrected chi connectivity index (χ1v) is 8.31. The Kier molecular flexibility index (Phi) is 4.39. The van der Waals surface area contributed by atoms with Crippen LogP contribution in [0.3, 0.4) is 0 Å². The molecule has 4 heteroatoms. The maximum absolute atomic E-state index is 12.3. The van der Waals surface area contributed by atoms with E-state index in [9.17, 15) is 4.79 Å². The van der Waals surface area contributed by atoms with E-state index in [1.807, 2.05) is 14.1 Å². The quantitative estimate of drug-likeness (QED) is 0.831. The van der Waals surface area contributed by atoms with Gasteiger partial charge in [-0.15, -0.1) is 0 Å². The molecule has 0 bridgehead atoms. The van der Waals surface area contributed by atoms with Crippen LogP contribution in [0, 0.1) is 5.92 Å². The highest BCUT2D eigenvalue weighted by Gasteiger charge is 2.28. The van der Waals surface area contributed by atoms with Crippen molar-refractivity contribution in [3.05, 3.63) is 29.3 Å². The third-order valence-electron chi connectivity index (χ3n) is 5.09. The second-order valence-electron chi connectivity index (χ2n) is 6.88. The summed E-state index contributed by atoms with van der Waals surface area (Å²) in [6, 6.07) is 6.67. The van der Waals surface area contributed by atoms with Gasteiger partial charge in [0.25, 0.3) is 0 Å². The topological polar surface area (TPSA) is 26.8 Å². The first kappa shape index (κ1) is 15.3. The second kappa shape index (κ2) is 6.29. The molecule has 3 rings (SSSR count). The summed E-state index contributed by atoms with van der Waals surface area (Å²) in [4.78, 5) is 19.0. The third kappa shape index (κ3) is 2.98. The molecule has 1 heterocycles. The Bertz CT molecular complexity index is 547. The van der Waals surface area contributed by atoms with Crippen LogP contribution >= 0.6 is 0 Å². The van der Waals surface area contributed by atoms with Crippen LogP contribution in [0.5, 0.6) is 0 Å². The fourth-order valence-electron chi connectivity index (χ4n) is 3.69. The average molecular weight is 301 g/mol. The first-order valence-electron chi connectivity index (χ1n) is 8.31. The molecule has 0 spiro atoms. The van der Waals surface area contributed by atoms with E-state index >= 15 is 0 Å². The Morgan fingerprint density at radius 2 is 1.91 bits per heavy atom. The van der Waals surface area contributed by atoms with Crippen molar-refractivity contribution in [2.45, 2.75) is 19.3 Å². The fourth-order valence-corrected chi connectivity index (χ4v) is 3.69. The summed E-state index contributed by atoms with van der Waals surface area (Å²) in [7, 11) is 5.91. The number of aryl methyl sites for hydroxylation is 1. The van der Waals surface area contributed by atoms with Crippen molar-refractivity contribution < 1.29 is 4.79 Å². The van der Waals surface area contributed by atoms with Gasteiger partial charge in [-0.2, -0.15) is 0 Å². The summed E-state index contributed by atoms with van der Waals surface area (Å²) in [6.45, 7) is 4.39. The average Bonchev–Trinajstić information content (AvgIpc) is 2.54. The lowest BCUT2D eigenvalue weighted by atomic mass is 9.82. The summed E-state index contributed by atoms with van der Waals surface area (Å²) in [5.74, 6) is 0.426. The van der Waals surface area contributed by atoms with Gasteiger partial charge in [0.2, 0.25) is 5.91 Å². The number of benzene rings is 1. The highest BCUT2D eigenvalue weighted by molar-refractivity contribution is 5.79. The van der Waals surface area contributed by atoms with Gasteiger partial charge in [-0.1, -0.05) is 12.1 Å². The SMILES string of the molecule is CN1CCN(c2cccc3c2CC(C(=O)N(C)C)CC3)CC1. The van der Waals surface area contributed by atoms with Crippen molar-refractivity contribution in [1.29, 1.82) is 0 Å². The van der Waals surface area contributed by atoms with Gasteiger partial charge in [0.1, 0.15) is 0 Å². The lowest BCUT2D eigenvalue weighted by molar-refractivity contribution is -0.133. The summed E-state index contributed by atoms with van der Waals surface area (Å²) >= 11 is 0. The first-order chi connectivity index (χ1) is 10.6. The van der Waals surface area contributed by atoms with E-state index in [0.717, 1.165) is 45.4 Å². The molecular weight excluding hydrogens is 274 g/mol. The molecule has 4 nitrogen and oxygen atoms in total. The number of hydrogen-bond acceptors (Lipinski definition) is 3. The monoisotopic (exact) mass is 301 g/mol. The largest absolute Gasteiger partial charge is 0.369 e. The zero-order chi connectivity index (χ0) is 15.7. The Hall–Kier alpha value is -1.55. The molecule has 1 aliphatic heterocycles. The van der Waals surface area contributed by atoms with E-state index in [1.54, 1.807) is 4.90 Å². The highest BCUT2D eigenvalue weighted by Crippen LogP contribution is 2.34. The number of nitrogens with zero attached hydrogens (tertiary/aromatic N) is 3. The number of anilines is 1. The van der Waals surface area contributed by atoms with Crippen molar-refractivity contribution in [1.82, 2.24) is 9.80 Å². The van der Waals surface area contributed by atoms with Gasteiger partial charge in [-0.25, -0.2) is 0 Å². The summed E-state index contributed by atoms with van der Waals surface area (Å²) in [5, 5.41) is 0. The standard InChI is InChI=1S/C18H27N3O/c1-19(2)18(22)15-8-7-14-5-4-6-17(16(14)13-15)21-11-9-20(3)10-12-21/h4-6,15H,7-13H2,1-3H3. The zero-order valence-electron chi connectivity index (χ0n) is 14.0. The van der Waals surface area contributed by atoms with Gasteiger partial charge in [-0.05, 0) is 43.5 Å². The fraction of sp³-hybridized carbons (Fsp3) is 0.611. The maximum atomic E-state index is 12.3. The second-order valence-corrected chi connectivity index (χ2v) is 6.88. The molecule has 120 valence electrons. The lowest BCUT2D eigenvalue weighted by Crippen LogP contribution is -2.45. The maximum Gasteiger partial charge on any atom is 0.225 e. The molecule has 1 amide bonds. The third-order valence-corrected chi connectivity index (χ3v) is 5.09. The van der Waals surface area contributed by atoms with Crippen molar-refractivity contribution in [2.75, 3.05) is 52.2 Å². The molecule has 0 aromatic heterocycles. The van der Waals surface area contributed by atoms with Crippen LogP contribution in [0.4, 0.5) is 5.69 Å². The van der Waals surface area contributed by atoms with Crippen molar-refractivity contribution in [3.8, 4) is 0 Å². The molecule has 0 radical (unpaired) electrons. The molecule has 1 aromatic carbocycles. The number of rotatable bonds is 2. The Morgan fingerprint density at radius 3 is 2.59 bits per heavy atom. The van der Waals surface area contributed by atoms with E-state index < -0.39 is 0 Å². The summed E-state index contributed by atoms with van der Waals surface area (Å²) in [6.07, 6.45) is 2.91. The molecule has 0 saturated carbocycles. The minimum atomic E-state index is 0.149. The van der Waals surface area contributed by atoms with Crippen molar-refractivity contribution in [3.63, 3.8) is 0 Å². The number of piperazine rings is 1. The van der Waals surface area contributed by atoms with Crippen molar-refractivity contribution in [2.24, 2.45) is 5.92 Å². The minimum Gasteiger partial charge on any atom is -0.369 e. The van der Waals surface area contributed by atoms with Gasteiger partial charge in [0.15, 0.2) is 0 Å². The Balaban J connectivity index is 1.84. The minimum absolute atomic E-state index is 0.149. The number of amides is 1. The molecule has 1 aromatic rings. The Labute approximate surface area is 133 Å². The molecular formula is C18H27N3O. The number of carbonyl (C=O) groups excluding carboxylic acids is 1. The highest BCUT2D eigenvalue weighted by atomic mass is 16.2. The van der Waals surface area contributed by atoms with E-state index in [1.165, 1.54) is 16.8 Å². The van der Waals surface area contributed by atoms with Gasteiger partial charge in [0, 0.05) is 51.9 Å². The molecule has 1 unspecified atom stereocenters. The van der Waals surface area contributed by atoms with Crippen LogP contribution in [-0.4, -0.2) is 63.0 Å². The number of hydrogen-bond donors (Lipinski definition) is 0. The van der Waals surface area contributed by atoms with Gasteiger partial charge in [0.05, 0.1) is 0 Å². The smallest absolute Gasteiger partial charge is 0.225 e. The number of likely N-dealkylation sites (N-methyl/N-ethyl adjacent to an activating group) is 1. The van der Waals surface area contributed by atoms with Gasteiger partial charge < -0.3 is 14.7 Å². The van der Waals surface area contributed by atoms with Crippen molar-refractivity contribution >= 4 is 11.6 Å². The molecule has 1 atom stereocenters. The van der Waals surface area contributed by atoms with Crippen LogP contribution in [0.1, 0.15) is 17.5 Å². The molecule has 1 saturated heterocycles. The zero-order valence-corrected chi connectivity index (χ0v) is 14.0. The van der Waals surface area contributed by atoms with Crippen LogP contribution < -0.4 is 4.90 Å². The van der Waals surface area contributed by atoms with Crippen LogP contribution in [-0.2, 0) is 17.6 Å². The van der Waals surface area contributed by atoms with E-state index in [4.69, 9.17) is 0 Å². The Morgan fingerprint density at radius 1 is 1.18 bits per heavy atom. The van der Waals surface area contributed by atoms with Gasteiger partial charge >= 0.3 is 0 Å². The molecule has 2 aliphatic rings. The predicted molar refractivity (Wildman–Crippen MR) is 90.4 cm³/mol. The molecule has 0 N–H and O–H groups in total. The van der Waals surface area contributed by atoms with Crippen LogP contribution in [0.25, 0.3) is 0 Å². The van der Waals surface area contributed by atoms with Crippen LogP contribution in [0.2, 0.25) is 0 Å². The predicted octanol–water partition coefficient (Wildman–Crippen LogP) is 1.63. The number of fused-ring (bicyclic) bond motifs is 1. The molecule has 1 aliphatic carbocycles. The number of carbonyl (C=O) groups is 1. The van der Waals surface area contributed by atoms with Crippen LogP contribution in [0.15, 0.2) is 18.2 Å². The van der Waals surface area contributed by atoms with E-state index in [2.05, 4.69) is 35.0 Å². The van der Waals surface area contributed by atoms with E-state index in [0.29, 0.717) is 0 Å². The van der Waals surface area contributed by atoms with Gasteiger partial charge in [-0.3, -0.25) is 4.79 Å². The summed E-state index contributed by atoms with van der Waals surface area (Å²) in [5.41, 5.74) is 4.22. The van der Waals surface area contributed by atoms with E-state index in [-0.39, 0.29) is 11.8 Å². The molecule has 22 heavy (non-hydrogen) atoms. The lowest BCUT2D eigenvalue weighted by Gasteiger charge is -2.37. The normalized spacial score (nSPS) is 22.3. The summed E-state index contributed by atoms with van der Waals surface area (Å²) < 4.78 is 0.